The minimum absolute atomic E-state index is 0.381. The number of para-hydroxylation sites is 2. The highest BCUT2D eigenvalue weighted by molar-refractivity contribution is 9.09. The van der Waals surface area contributed by atoms with Crippen LogP contribution in [0.25, 0.3) is 0 Å². The first kappa shape index (κ1) is 19.7. The number of amides is 1. The van der Waals surface area contributed by atoms with E-state index in [0.717, 1.165) is 53.6 Å². The van der Waals surface area contributed by atoms with Crippen LogP contribution in [0.5, 0.6) is 11.5 Å². The lowest BCUT2D eigenvalue weighted by Gasteiger charge is -2.39. The first-order chi connectivity index (χ1) is 13.2. The molecule has 3 rings (SSSR count). The topological polar surface area (TPSA) is 47.6 Å². The highest BCUT2D eigenvalue weighted by Crippen LogP contribution is 2.51. The fraction of sp³-hybridized carbons (Fsp3) is 0.409. The lowest BCUT2D eigenvalue weighted by molar-refractivity contribution is 0.0237. The Morgan fingerprint density at radius 1 is 1.04 bits per heavy atom. The number of benzene rings is 2. The molecule has 144 valence electrons. The van der Waals surface area contributed by atoms with E-state index in [-0.39, 0.29) is 6.09 Å². The van der Waals surface area contributed by atoms with Crippen molar-refractivity contribution in [3.63, 3.8) is 0 Å². The van der Waals surface area contributed by atoms with Crippen LogP contribution in [-0.4, -0.2) is 18.0 Å². The number of hydrogen-bond acceptors (Lipinski definition) is 3. The molecule has 0 aromatic heterocycles. The Hall–Kier alpha value is -2.01. The van der Waals surface area contributed by atoms with E-state index in [2.05, 4.69) is 28.2 Å². The molecule has 5 heteroatoms. The number of carbonyl (C=O) groups is 1. The van der Waals surface area contributed by atoms with E-state index in [9.17, 15) is 4.79 Å². The molecule has 27 heavy (non-hydrogen) atoms. The van der Waals surface area contributed by atoms with Crippen molar-refractivity contribution in [1.82, 2.24) is 5.32 Å². The summed E-state index contributed by atoms with van der Waals surface area (Å²) in [7, 11) is 0. The molecule has 4 nitrogen and oxygen atoms in total. The first-order valence-electron chi connectivity index (χ1n) is 9.61. The molecular formula is C22H26BrNO3. The minimum Gasteiger partial charge on any atom is -0.456 e. The number of halogens is 1. The summed E-state index contributed by atoms with van der Waals surface area (Å²) < 4.78 is 12.3. The van der Waals surface area contributed by atoms with Crippen molar-refractivity contribution in [1.29, 1.82) is 0 Å². The molecule has 0 spiro atoms. The van der Waals surface area contributed by atoms with Crippen LogP contribution in [0.2, 0.25) is 0 Å². The van der Waals surface area contributed by atoms with Gasteiger partial charge in [0.2, 0.25) is 0 Å². The Morgan fingerprint density at radius 2 is 1.67 bits per heavy atom. The van der Waals surface area contributed by atoms with Gasteiger partial charge in [-0.2, -0.15) is 0 Å². The van der Waals surface area contributed by atoms with E-state index in [1.54, 1.807) is 0 Å². The number of nitrogens with one attached hydrogen (secondary N) is 1. The lowest BCUT2D eigenvalue weighted by Crippen LogP contribution is -2.40. The van der Waals surface area contributed by atoms with Gasteiger partial charge in [-0.1, -0.05) is 65.7 Å². The van der Waals surface area contributed by atoms with Crippen LogP contribution in [-0.2, 0) is 10.3 Å². The second-order valence-corrected chi connectivity index (χ2v) is 7.53. The molecule has 0 atom stereocenters. The van der Waals surface area contributed by atoms with E-state index in [1.165, 1.54) is 0 Å². The van der Waals surface area contributed by atoms with Crippen LogP contribution in [0.4, 0.5) is 4.79 Å². The van der Waals surface area contributed by atoms with Crippen molar-refractivity contribution in [2.75, 3.05) is 11.9 Å². The molecule has 1 N–H and O–H groups in total. The number of carbonyl (C=O) groups excluding carboxylic acids is 1. The summed E-state index contributed by atoms with van der Waals surface area (Å²) >= 11 is 3.50. The van der Waals surface area contributed by atoms with Crippen LogP contribution in [0, 0.1) is 0 Å². The van der Waals surface area contributed by atoms with E-state index >= 15 is 0 Å². The maximum absolute atomic E-state index is 12.7. The molecule has 0 bridgehead atoms. The molecular weight excluding hydrogens is 406 g/mol. The summed E-state index contributed by atoms with van der Waals surface area (Å²) in [6.45, 7) is 2.71. The fourth-order valence-electron chi connectivity index (χ4n) is 3.50. The van der Waals surface area contributed by atoms with Crippen molar-refractivity contribution >= 4 is 22.0 Å². The lowest BCUT2D eigenvalue weighted by atomic mass is 9.79. The monoisotopic (exact) mass is 431 g/mol. The minimum atomic E-state index is -0.843. The molecule has 1 aliphatic heterocycles. The van der Waals surface area contributed by atoms with Gasteiger partial charge in [-0.05, 0) is 37.8 Å². The summed E-state index contributed by atoms with van der Waals surface area (Å²) in [4.78, 5) is 12.7. The number of rotatable bonds is 8. The number of hydrogen-bond donors (Lipinski definition) is 1. The van der Waals surface area contributed by atoms with Gasteiger partial charge in [0.15, 0.2) is 5.60 Å². The summed E-state index contributed by atoms with van der Waals surface area (Å²) in [5, 5.41) is 3.82. The van der Waals surface area contributed by atoms with Gasteiger partial charge >= 0.3 is 6.09 Å². The maximum Gasteiger partial charge on any atom is 0.408 e. The van der Waals surface area contributed by atoms with Crippen LogP contribution in [0.1, 0.15) is 50.2 Å². The summed E-state index contributed by atoms with van der Waals surface area (Å²) in [6.07, 6.45) is 4.22. The van der Waals surface area contributed by atoms with Gasteiger partial charge in [-0.15, -0.1) is 0 Å². The highest BCUT2D eigenvalue weighted by atomic mass is 79.9. The third-order valence-corrected chi connectivity index (χ3v) is 5.40. The Morgan fingerprint density at radius 3 is 2.26 bits per heavy atom. The van der Waals surface area contributed by atoms with Gasteiger partial charge in [-0.3, -0.25) is 0 Å². The number of alkyl halides is 1. The van der Waals surface area contributed by atoms with Gasteiger partial charge in [0.1, 0.15) is 11.5 Å². The zero-order chi connectivity index (χ0) is 19.1. The van der Waals surface area contributed by atoms with E-state index in [1.807, 2.05) is 48.5 Å². The Balaban J connectivity index is 2.01. The molecule has 2 aromatic carbocycles. The smallest absolute Gasteiger partial charge is 0.408 e. The average Bonchev–Trinajstić information content (AvgIpc) is 2.68. The quantitative estimate of drug-likeness (QED) is 0.403. The third kappa shape index (κ3) is 4.29. The standard InChI is InChI=1S/C22H26BrNO3/c1-2-3-16-24-21(25)27-22(14-8-9-15-23)17-10-4-6-12-19(17)26-20-13-7-5-11-18(20)22/h4-7,10-13H,2-3,8-9,14-16H2,1H3,(H,24,25). The second kappa shape index (κ2) is 9.27. The van der Waals surface area contributed by atoms with Gasteiger partial charge in [0.25, 0.3) is 0 Å². The normalized spacial score (nSPS) is 13.9. The van der Waals surface area contributed by atoms with Crippen LogP contribution in [0.15, 0.2) is 48.5 Å². The first-order valence-corrected chi connectivity index (χ1v) is 10.7. The highest BCUT2D eigenvalue weighted by Gasteiger charge is 2.45. The predicted octanol–water partition coefficient (Wildman–Crippen LogP) is 6.13. The summed E-state index contributed by atoms with van der Waals surface area (Å²) in [6, 6.07) is 15.7. The fourth-order valence-corrected chi connectivity index (χ4v) is 3.90. The van der Waals surface area contributed by atoms with Crippen LogP contribution in [0.3, 0.4) is 0 Å². The molecule has 0 saturated carbocycles. The van der Waals surface area contributed by atoms with Crippen molar-refractivity contribution in [3.05, 3.63) is 59.7 Å². The molecule has 1 heterocycles. The molecule has 0 saturated heterocycles. The SMILES string of the molecule is CCCCNC(=O)OC1(CCCCBr)c2ccccc2Oc2ccccc21. The van der Waals surface area contributed by atoms with Crippen molar-refractivity contribution in [2.45, 2.75) is 44.6 Å². The van der Waals surface area contributed by atoms with Gasteiger partial charge in [-0.25, -0.2) is 4.79 Å². The van der Waals surface area contributed by atoms with E-state index < -0.39 is 5.60 Å². The maximum atomic E-state index is 12.7. The number of fused-ring (bicyclic) bond motifs is 2. The molecule has 0 radical (unpaired) electrons. The number of unbranched alkanes of at least 4 members (excludes halogenated alkanes) is 2. The Kier molecular flexibility index (Phi) is 6.78. The van der Waals surface area contributed by atoms with Gasteiger partial charge in [0, 0.05) is 23.0 Å². The zero-order valence-electron chi connectivity index (χ0n) is 15.7. The Labute approximate surface area is 169 Å². The predicted molar refractivity (Wildman–Crippen MR) is 111 cm³/mol. The van der Waals surface area contributed by atoms with Gasteiger partial charge < -0.3 is 14.8 Å². The van der Waals surface area contributed by atoms with Crippen LogP contribution >= 0.6 is 15.9 Å². The molecule has 0 fully saturated rings. The summed E-state index contributed by atoms with van der Waals surface area (Å²) in [5.41, 5.74) is 0.969. The molecule has 1 amide bonds. The van der Waals surface area contributed by atoms with Crippen molar-refractivity contribution < 1.29 is 14.3 Å². The molecule has 1 aliphatic rings. The van der Waals surface area contributed by atoms with E-state index in [4.69, 9.17) is 9.47 Å². The molecule has 0 unspecified atom stereocenters. The zero-order valence-corrected chi connectivity index (χ0v) is 17.3. The average molecular weight is 432 g/mol. The second-order valence-electron chi connectivity index (χ2n) is 6.74. The van der Waals surface area contributed by atoms with Crippen molar-refractivity contribution in [2.24, 2.45) is 0 Å². The third-order valence-electron chi connectivity index (χ3n) is 4.84. The number of ether oxygens (including phenoxy) is 2. The van der Waals surface area contributed by atoms with Crippen LogP contribution < -0.4 is 10.1 Å². The van der Waals surface area contributed by atoms with E-state index in [0.29, 0.717) is 13.0 Å². The Bertz CT molecular complexity index is 732. The largest absolute Gasteiger partial charge is 0.456 e. The van der Waals surface area contributed by atoms with Crippen molar-refractivity contribution in [3.8, 4) is 11.5 Å². The molecule has 0 aliphatic carbocycles. The summed E-state index contributed by atoms with van der Waals surface area (Å²) in [5.74, 6) is 1.49. The van der Waals surface area contributed by atoms with Gasteiger partial charge in [0.05, 0.1) is 0 Å². The molecule has 2 aromatic rings. The number of alkyl carbamates (subject to hydrolysis) is 1.